The van der Waals surface area contributed by atoms with Gasteiger partial charge < -0.3 is 19.8 Å². The first-order valence-corrected chi connectivity index (χ1v) is 8.84. The van der Waals surface area contributed by atoms with Gasteiger partial charge in [-0.05, 0) is 24.3 Å². The maximum atomic E-state index is 12.4. The standard InChI is InChI=1S/C20H21N3O5/c1-27-13-11-21-19(25)14-6-2-3-7-15(14)22-18(24)10-12-23-16-8-4-5-9-17(16)28-20(23)26/h2-9H,10-13H2,1H3,(H,21,25)(H,22,24). The molecule has 2 amide bonds. The summed E-state index contributed by atoms with van der Waals surface area (Å²) < 4.78 is 11.5. The Morgan fingerprint density at radius 2 is 1.86 bits per heavy atom. The van der Waals surface area contributed by atoms with Gasteiger partial charge in [0, 0.05) is 26.6 Å². The van der Waals surface area contributed by atoms with E-state index in [1.807, 2.05) is 0 Å². The predicted molar refractivity (Wildman–Crippen MR) is 104 cm³/mol. The van der Waals surface area contributed by atoms with Crippen molar-refractivity contribution in [1.82, 2.24) is 9.88 Å². The van der Waals surface area contributed by atoms with Crippen molar-refractivity contribution >= 4 is 28.6 Å². The summed E-state index contributed by atoms with van der Waals surface area (Å²) in [5, 5.41) is 5.46. The molecular weight excluding hydrogens is 362 g/mol. The number of hydrogen-bond donors (Lipinski definition) is 2. The number of para-hydroxylation sites is 3. The number of amides is 2. The zero-order valence-electron chi connectivity index (χ0n) is 15.4. The number of aryl methyl sites for hydroxylation is 1. The molecule has 0 aliphatic rings. The molecule has 0 aliphatic carbocycles. The van der Waals surface area contributed by atoms with Crippen LogP contribution < -0.4 is 16.4 Å². The van der Waals surface area contributed by atoms with E-state index >= 15 is 0 Å². The molecule has 146 valence electrons. The molecule has 28 heavy (non-hydrogen) atoms. The number of benzene rings is 2. The number of methoxy groups -OCH3 is 1. The van der Waals surface area contributed by atoms with E-state index in [2.05, 4.69) is 10.6 Å². The molecule has 8 heteroatoms. The third-order valence-electron chi connectivity index (χ3n) is 4.17. The fourth-order valence-corrected chi connectivity index (χ4v) is 2.80. The molecule has 0 unspecified atom stereocenters. The Hall–Kier alpha value is -3.39. The summed E-state index contributed by atoms with van der Waals surface area (Å²) in [5.41, 5.74) is 1.88. The molecule has 3 rings (SSSR count). The van der Waals surface area contributed by atoms with Crippen LogP contribution >= 0.6 is 0 Å². The van der Waals surface area contributed by atoms with Gasteiger partial charge in [-0.2, -0.15) is 0 Å². The van der Waals surface area contributed by atoms with Crippen LogP contribution in [0.25, 0.3) is 11.1 Å². The smallest absolute Gasteiger partial charge is 0.408 e. The van der Waals surface area contributed by atoms with Crippen molar-refractivity contribution in [2.45, 2.75) is 13.0 Å². The lowest BCUT2D eigenvalue weighted by Crippen LogP contribution is -2.28. The first kappa shape index (κ1) is 19.4. The topological polar surface area (TPSA) is 103 Å². The van der Waals surface area contributed by atoms with Gasteiger partial charge in [0.25, 0.3) is 5.91 Å². The van der Waals surface area contributed by atoms with Crippen molar-refractivity contribution < 1.29 is 18.7 Å². The molecule has 0 fully saturated rings. The van der Waals surface area contributed by atoms with E-state index in [0.29, 0.717) is 35.5 Å². The number of nitrogens with zero attached hydrogens (tertiary/aromatic N) is 1. The van der Waals surface area contributed by atoms with Crippen LogP contribution in [0, 0.1) is 0 Å². The molecule has 1 heterocycles. The monoisotopic (exact) mass is 383 g/mol. The normalized spacial score (nSPS) is 10.8. The molecule has 0 spiro atoms. The highest BCUT2D eigenvalue weighted by Gasteiger charge is 2.14. The van der Waals surface area contributed by atoms with Crippen molar-refractivity contribution in [2.75, 3.05) is 25.6 Å². The van der Waals surface area contributed by atoms with Gasteiger partial charge in [0.1, 0.15) is 0 Å². The molecular formula is C20H21N3O5. The number of nitrogens with one attached hydrogen (secondary N) is 2. The number of hydrogen-bond acceptors (Lipinski definition) is 5. The molecule has 8 nitrogen and oxygen atoms in total. The summed E-state index contributed by atoms with van der Waals surface area (Å²) in [6, 6.07) is 13.8. The first-order chi connectivity index (χ1) is 13.6. The Bertz CT molecular complexity index is 1040. The Morgan fingerprint density at radius 3 is 2.68 bits per heavy atom. The fraction of sp³-hybridized carbons (Fsp3) is 0.250. The van der Waals surface area contributed by atoms with Crippen LogP contribution in [0.4, 0.5) is 5.69 Å². The van der Waals surface area contributed by atoms with Crippen LogP contribution in [0.5, 0.6) is 0 Å². The van der Waals surface area contributed by atoms with Gasteiger partial charge in [0.15, 0.2) is 5.58 Å². The van der Waals surface area contributed by atoms with Crippen LogP contribution in [-0.4, -0.2) is 36.6 Å². The van der Waals surface area contributed by atoms with Gasteiger partial charge in [-0.15, -0.1) is 0 Å². The van der Waals surface area contributed by atoms with Crippen molar-refractivity contribution in [1.29, 1.82) is 0 Å². The summed E-state index contributed by atoms with van der Waals surface area (Å²) in [7, 11) is 1.55. The molecule has 0 aliphatic heterocycles. The fourth-order valence-electron chi connectivity index (χ4n) is 2.80. The second kappa shape index (κ2) is 9.01. The number of rotatable bonds is 8. The largest absolute Gasteiger partial charge is 0.419 e. The lowest BCUT2D eigenvalue weighted by molar-refractivity contribution is -0.116. The van der Waals surface area contributed by atoms with Crippen LogP contribution in [0.3, 0.4) is 0 Å². The van der Waals surface area contributed by atoms with Gasteiger partial charge in [0.2, 0.25) is 5.91 Å². The second-order valence-corrected chi connectivity index (χ2v) is 6.08. The van der Waals surface area contributed by atoms with Crippen LogP contribution in [-0.2, 0) is 16.1 Å². The summed E-state index contributed by atoms with van der Waals surface area (Å²) in [6.45, 7) is 0.936. The Kier molecular flexibility index (Phi) is 6.23. The highest BCUT2D eigenvalue weighted by molar-refractivity contribution is 6.03. The third-order valence-corrected chi connectivity index (χ3v) is 4.17. The minimum Gasteiger partial charge on any atom is -0.408 e. The van der Waals surface area contributed by atoms with Crippen molar-refractivity contribution in [3.63, 3.8) is 0 Å². The Morgan fingerprint density at radius 1 is 1.11 bits per heavy atom. The minimum atomic E-state index is -0.507. The average molecular weight is 383 g/mol. The number of carbonyl (C=O) groups excluding carboxylic acids is 2. The molecule has 0 saturated heterocycles. The van der Waals surface area contributed by atoms with Crippen LogP contribution in [0.15, 0.2) is 57.7 Å². The van der Waals surface area contributed by atoms with E-state index in [-0.39, 0.29) is 24.8 Å². The number of fused-ring (bicyclic) bond motifs is 1. The second-order valence-electron chi connectivity index (χ2n) is 6.08. The average Bonchev–Trinajstić information content (AvgIpc) is 3.02. The summed E-state index contributed by atoms with van der Waals surface area (Å²) in [6.07, 6.45) is 0.0586. The van der Waals surface area contributed by atoms with Crippen LogP contribution in [0.1, 0.15) is 16.8 Å². The molecule has 0 radical (unpaired) electrons. The van der Waals surface area contributed by atoms with Gasteiger partial charge >= 0.3 is 5.76 Å². The van der Waals surface area contributed by atoms with Crippen molar-refractivity contribution in [3.8, 4) is 0 Å². The number of anilines is 1. The molecule has 3 aromatic rings. The van der Waals surface area contributed by atoms with Gasteiger partial charge in [-0.3, -0.25) is 14.2 Å². The zero-order valence-corrected chi connectivity index (χ0v) is 15.4. The van der Waals surface area contributed by atoms with Gasteiger partial charge in [-0.25, -0.2) is 4.79 Å². The highest BCUT2D eigenvalue weighted by Crippen LogP contribution is 2.16. The van der Waals surface area contributed by atoms with Gasteiger partial charge in [-0.1, -0.05) is 24.3 Å². The number of ether oxygens (including phenoxy) is 1. The van der Waals surface area contributed by atoms with E-state index in [1.165, 1.54) is 4.57 Å². The molecule has 0 bridgehead atoms. The molecule has 2 aromatic carbocycles. The lowest BCUT2D eigenvalue weighted by atomic mass is 10.1. The maximum absolute atomic E-state index is 12.4. The Balaban J connectivity index is 1.66. The predicted octanol–water partition coefficient (Wildman–Crippen LogP) is 2.00. The van der Waals surface area contributed by atoms with Crippen LogP contribution in [0.2, 0.25) is 0 Å². The van der Waals surface area contributed by atoms with Crippen molar-refractivity contribution in [3.05, 3.63) is 64.6 Å². The number of aromatic nitrogens is 1. The molecule has 0 atom stereocenters. The van der Waals surface area contributed by atoms with E-state index in [9.17, 15) is 14.4 Å². The Labute approximate surface area is 161 Å². The lowest BCUT2D eigenvalue weighted by Gasteiger charge is -2.11. The summed E-state index contributed by atoms with van der Waals surface area (Å²) in [4.78, 5) is 36.6. The summed E-state index contributed by atoms with van der Waals surface area (Å²) in [5.74, 6) is -1.12. The van der Waals surface area contributed by atoms with Crippen molar-refractivity contribution in [2.24, 2.45) is 0 Å². The van der Waals surface area contributed by atoms with E-state index in [0.717, 1.165) is 0 Å². The molecule has 1 aromatic heterocycles. The molecule has 2 N–H and O–H groups in total. The van der Waals surface area contributed by atoms with Gasteiger partial charge in [0.05, 0.1) is 23.4 Å². The summed E-state index contributed by atoms with van der Waals surface area (Å²) >= 11 is 0. The first-order valence-electron chi connectivity index (χ1n) is 8.84. The minimum absolute atomic E-state index is 0.0586. The highest BCUT2D eigenvalue weighted by atomic mass is 16.5. The maximum Gasteiger partial charge on any atom is 0.419 e. The van der Waals surface area contributed by atoms with E-state index in [4.69, 9.17) is 9.15 Å². The third kappa shape index (κ3) is 4.47. The quantitative estimate of drug-likeness (QED) is 0.579. The molecule has 0 saturated carbocycles. The zero-order chi connectivity index (χ0) is 19.9. The number of carbonyl (C=O) groups is 2. The van der Waals surface area contributed by atoms with E-state index < -0.39 is 5.76 Å². The van der Waals surface area contributed by atoms with E-state index in [1.54, 1.807) is 55.6 Å². The SMILES string of the molecule is COCCNC(=O)c1ccccc1NC(=O)CCn1c(=O)oc2ccccc21. The number of oxazole rings is 1.